The Labute approximate surface area is 123 Å². The lowest BCUT2D eigenvalue weighted by Gasteiger charge is -2.46. The second-order valence-electron chi connectivity index (χ2n) is 7.34. The van der Waals surface area contributed by atoms with Gasteiger partial charge in [-0.2, -0.15) is 0 Å². The molecule has 0 saturated heterocycles. The van der Waals surface area contributed by atoms with Crippen molar-refractivity contribution in [1.29, 1.82) is 0 Å². The molecule has 4 nitrogen and oxygen atoms in total. The van der Waals surface area contributed by atoms with Crippen LogP contribution in [0.1, 0.15) is 67.7 Å². The molecule has 0 bridgehead atoms. The minimum atomic E-state index is -1.01. The molecule has 0 spiro atoms. The maximum atomic E-state index is 12.6. The van der Waals surface area contributed by atoms with Gasteiger partial charge in [0.1, 0.15) is 6.54 Å². The van der Waals surface area contributed by atoms with Gasteiger partial charge in [-0.25, -0.2) is 0 Å². The lowest BCUT2D eigenvalue weighted by atomic mass is 9.58. The maximum Gasteiger partial charge on any atom is 0.322 e. The summed E-state index contributed by atoms with van der Waals surface area (Å²) in [6.45, 7) is 14.3. The van der Waals surface area contributed by atoms with E-state index in [0.717, 1.165) is 19.3 Å². The van der Waals surface area contributed by atoms with Crippen LogP contribution in [-0.2, 0) is 9.59 Å². The van der Waals surface area contributed by atoms with Gasteiger partial charge in [0.05, 0.1) is 5.41 Å². The van der Waals surface area contributed by atoms with Gasteiger partial charge >= 0.3 is 5.97 Å². The zero-order chi connectivity index (χ0) is 16.2. The first kappa shape index (κ1) is 18.9. The van der Waals surface area contributed by atoms with Crippen LogP contribution in [0.5, 0.6) is 0 Å². The predicted octanol–water partition coefficient (Wildman–Crippen LogP) is 3.46. The number of aliphatic carboxylic acids is 1. The summed E-state index contributed by atoms with van der Waals surface area (Å²) in [4.78, 5) is 23.3. The first-order valence-corrected chi connectivity index (χ1v) is 7.42. The number of carbonyl (C=O) groups excluding carboxylic acids is 1. The number of hydrogen-bond donors (Lipinski definition) is 2. The van der Waals surface area contributed by atoms with Gasteiger partial charge in [0, 0.05) is 0 Å². The van der Waals surface area contributed by atoms with Crippen molar-refractivity contribution in [3.05, 3.63) is 0 Å². The van der Waals surface area contributed by atoms with Crippen molar-refractivity contribution in [1.82, 2.24) is 5.32 Å². The molecule has 1 unspecified atom stereocenters. The Bertz CT molecular complexity index is 361. The number of carbonyl (C=O) groups is 2. The van der Waals surface area contributed by atoms with Crippen molar-refractivity contribution in [2.45, 2.75) is 67.7 Å². The maximum absolute atomic E-state index is 12.6. The van der Waals surface area contributed by atoms with Crippen molar-refractivity contribution in [2.24, 2.45) is 16.2 Å². The van der Waals surface area contributed by atoms with Gasteiger partial charge in [-0.3, -0.25) is 9.59 Å². The number of nitrogens with one attached hydrogen (secondary N) is 1. The second-order valence-corrected chi connectivity index (χ2v) is 7.34. The van der Waals surface area contributed by atoms with Crippen LogP contribution < -0.4 is 5.32 Å². The zero-order valence-electron chi connectivity index (χ0n) is 14.1. The van der Waals surface area contributed by atoms with E-state index in [2.05, 4.69) is 46.9 Å². The van der Waals surface area contributed by atoms with Crippen LogP contribution in [0.3, 0.4) is 0 Å². The third-order valence-electron chi connectivity index (χ3n) is 5.07. The van der Waals surface area contributed by atoms with Crippen LogP contribution in [0.2, 0.25) is 0 Å². The Balaban J connectivity index is 5.37. The topological polar surface area (TPSA) is 66.4 Å². The molecule has 20 heavy (non-hydrogen) atoms. The van der Waals surface area contributed by atoms with E-state index in [9.17, 15) is 9.59 Å². The first-order valence-electron chi connectivity index (χ1n) is 7.42. The molecule has 0 aromatic rings. The lowest BCUT2D eigenvalue weighted by Crippen LogP contribution is -2.51. The summed E-state index contributed by atoms with van der Waals surface area (Å²) in [7, 11) is 0. The van der Waals surface area contributed by atoms with E-state index in [0.29, 0.717) is 0 Å². The average Bonchev–Trinajstić information content (AvgIpc) is 2.34. The molecule has 1 atom stereocenters. The van der Waals surface area contributed by atoms with E-state index in [1.807, 2.05) is 6.92 Å². The summed E-state index contributed by atoms with van der Waals surface area (Å²) in [6.07, 6.45) is 2.58. The van der Waals surface area contributed by atoms with Crippen LogP contribution in [0.4, 0.5) is 0 Å². The standard InChI is InChI=1S/C16H31NO3/c1-8-14(3,4)11-16(7,15(5,6)9-2)13(20)17-10-12(18)19/h8-11H2,1-7H3,(H,17,20)(H,18,19). The molecule has 0 fully saturated rings. The van der Waals surface area contributed by atoms with E-state index >= 15 is 0 Å². The molecule has 118 valence electrons. The summed E-state index contributed by atoms with van der Waals surface area (Å²) >= 11 is 0. The van der Waals surface area contributed by atoms with Gasteiger partial charge in [0.25, 0.3) is 0 Å². The molecule has 1 amide bonds. The van der Waals surface area contributed by atoms with Gasteiger partial charge in [0.15, 0.2) is 0 Å². The first-order chi connectivity index (χ1) is 8.92. The van der Waals surface area contributed by atoms with Crippen molar-refractivity contribution in [3.8, 4) is 0 Å². The monoisotopic (exact) mass is 285 g/mol. The molecule has 0 rings (SSSR count). The molecule has 0 aromatic heterocycles. The fraction of sp³-hybridized carbons (Fsp3) is 0.875. The molecular formula is C16H31NO3. The van der Waals surface area contributed by atoms with Gasteiger partial charge < -0.3 is 10.4 Å². The van der Waals surface area contributed by atoms with Gasteiger partial charge in [-0.1, -0.05) is 54.9 Å². The molecule has 0 radical (unpaired) electrons. The van der Waals surface area contributed by atoms with E-state index < -0.39 is 11.4 Å². The predicted molar refractivity (Wildman–Crippen MR) is 81.5 cm³/mol. The number of rotatable bonds is 8. The van der Waals surface area contributed by atoms with Gasteiger partial charge in [0.2, 0.25) is 5.91 Å². The highest BCUT2D eigenvalue weighted by Crippen LogP contribution is 2.49. The van der Waals surface area contributed by atoms with Crippen molar-refractivity contribution < 1.29 is 14.7 Å². The highest BCUT2D eigenvalue weighted by Gasteiger charge is 2.48. The van der Waals surface area contributed by atoms with E-state index in [4.69, 9.17) is 5.11 Å². The Morgan fingerprint density at radius 1 is 1.00 bits per heavy atom. The largest absolute Gasteiger partial charge is 0.480 e. The van der Waals surface area contributed by atoms with E-state index in [-0.39, 0.29) is 23.3 Å². The third kappa shape index (κ3) is 4.50. The third-order valence-corrected chi connectivity index (χ3v) is 5.07. The normalized spacial score (nSPS) is 15.6. The minimum absolute atomic E-state index is 0.0434. The number of hydrogen-bond acceptors (Lipinski definition) is 2. The Morgan fingerprint density at radius 3 is 1.85 bits per heavy atom. The second kappa shape index (κ2) is 6.59. The van der Waals surface area contributed by atoms with Gasteiger partial charge in [-0.05, 0) is 23.7 Å². The highest BCUT2D eigenvalue weighted by molar-refractivity contribution is 5.86. The Kier molecular flexibility index (Phi) is 6.25. The molecule has 0 aromatic carbocycles. The summed E-state index contributed by atoms with van der Waals surface area (Å²) in [6, 6.07) is 0. The number of carboxylic acid groups (broad SMARTS) is 1. The smallest absolute Gasteiger partial charge is 0.322 e. The van der Waals surface area contributed by atoms with Crippen LogP contribution in [-0.4, -0.2) is 23.5 Å². The van der Waals surface area contributed by atoms with Crippen LogP contribution in [0.15, 0.2) is 0 Å². The average molecular weight is 285 g/mol. The van der Waals surface area contributed by atoms with Crippen LogP contribution in [0.25, 0.3) is 0 Å². The molecule has 0 heterocycles. The molecule has 0 saturated carbocycles. The Hall–Kier alpha value is -1.06. The van der Waals surface area contributed by atoms with E-state index in [1.54, 1.807) is 0 Å². The van der Waals surface area contributed by atoms with Crippen molar-refractivity contribution >= 4 is 11.9 Å². The Morgan fingerprint density at radius 2 is 1.50 bits per heavy atom. The van der Waals surface area contributed by atoms with Crippen LogP contribution in [0, 0.1) is 16.2 Å². The van der Waals surface area contributed by atoms with Crippen molar-refractivity contribution in [3.63, 3.8) is 0 Å². The molecule has 0 aliphatic carbocycles. The SMILES string of the molecule is CCC(C)(C)CC(C)(C(=O)NCC(=O)O)C(C)(C)CC. The zero-order valence-corrected chi connectivity index (χ0v) is 14.1. The van der Waals surface area contributed by atoms with Crippen molar-refractivity contribution in [2.75, 3.05) is 6.54 Å². The van der Waals surface area contributed by atoms with Gasteiger partial charge in [-0.15, -0.1) is 0 Å². The lowest BCUT2D eigenvalue weighted by molar-refractivity contribution is -0.144. The summed E-state index contributed by atoms with van der Waals surface area (Å²) in [5.74, 6) is -1.17. The fourth-order valence-corrected chi connectivity index (χ4v) is 2.45. The molecule has 0 aliphatic heterocycles. The summed E-state index contributed by atoms with van der Waals surface area (Å²) in [5.41, 5.74) is -0.736. The molecule has 2 N–H and O–H groups in total. The number of amides is 1. The quantitative estimate of drug-likeness (QED) is 0.717. The molecule has 0 aliphatic rings. The number of carboxylic acids is 1. The fourth-order valence-electron chi connectivity index (χ4n) is 2.45. The molecular weight excluding hydrogens is 254 g/mol. The molecule has 4 heteroatoms. The minimum Gasteiger partial charge on any atom is -0.480 e. The highest BCUT2D eigenvalue weighted by atomic mass is 16.4. The summed E-state index contributed by atoms with van der Waals surface area (Å²) < 4.78 is 0. The van der Waals surface area contributed by atoms with Crippen LogP contribution >= 0.6 is 0 Å². The van der Waals surface area contributed by atoms with E-state index in [1.165, 1.54) is 0 Å². The summed E-state index contributed by atoms with van der Waals surface area (Å²) in [5, 5.41) is 11.3.